The Kier molecular flexibility index (Phi) is 2.60. The van der Waals surface area contributed by atoms with Gasteiger partial charge in [0.05, 0.1) is 11.1 Å². The summed E-state index contributed by atoms with van der Waals surface area (Å²) in [7, 11) is 3.36. The molecule has 1 N–H and O–H groups in total. The van der Waals surface area contributed by atoms with Crippen molar-refractivity contribution in [3.05, 3.63) is 34.2 Å². The average Bonchev–Trinajstić information content (AvgIpc) is 2.67. The van der Waals surface area contributed by atoms with Gasteiger partial charge in [-0.15, -0.1) is 0 Å². The summed E-state index contributed by atoms with van der Waals surface area (Å²) in [6.45, 7) is 1.60. The Hall–Kier alpha value is -2.31. The van der Waals surface area contributed by atoms with Gasteiger partial charge in [0.2, 0.25) is 5.56 Å². The van der Waals surface area contributed by atoms with Gasteiger partial charge in [-0.05, 0) is 6.07 Å². The first kappa shape index (κ1) is 12.7. The summed E-state index contributed by atoms with van der Waals surface area (Å²) in [5, 5.41) is 2.78. The van der Waals surface area contributed by atoms with E-state index in [-0.39, 0.29) is 23.0 Å². The molecule has 7 nitrogen and oxygen atoms in total. The number of amides is 3. The topological polar surface area (TPSA) is 74.7 Å². The molecule has 3 rings (SSSR count). The van der Waals surface area contributed by atoms with Crippen LogP contribution in [0.3, 0.4) is 0 Å². The Morgan fingerprint density at radius 1 is 1.25 bits per heavy atom. The molecule has 1 aromatic heterocycles. The lowest BCUT2D eigenvalue weighted by Crippen LogP contribution is -2.70. The zero-order chi connectivity index (χ0) is 14.5. The van der Waals surface area contributed by atoms with Crippen molar-refractivity contribution in [3.63, 3.8) is 0 Å². The van der Waals surface area contributed by atoms with Gasteiger partial charge in [-0.2, -0.15) is 0 Å². The molecule has 2 fully saturated rings. The van der Waals surface area contributed by atoms with Gasteiger partial charge in [-0.25, -0.2) is 4.79 Å². The number of nitrogens with zero attached hydrogens (tertiary/aromatic N) is 3. The van der Waals surface area contributed by atoms with Crippen molar-refractivity contribution < 1.29 is 9.59 Å². The number of pyridine rings is 1. The summed E-state index contributed by atoms with van der Waals surface area (Å²) in [4.78, 5) is 38.5. The average molecular weight is 276 g/mol. The van der Waals surface area contributed by atoms with Crippen LogP contribution in [0.2, 0.25) is 0 Å². The minimum Gasteiger partial charge on any atom is -0.335 e. The van der Waals surface area contributed by atoms with Crippen LogP contribution in [0.4, 0.5) is 4.79 Å². The zero-order valence-electron chi connectivity index (χ0n) is 11.4. The fourth-order valence-corrected chi connectivity index (χ4v) is 2.73. The van der Waals surface area contributed by atoms with Crippen molar-refractivity contribution in [2.24, 2.45) is 7.05 Å². The van der Waals surface area contributed by atoms with Crippen molar-refractivity contribution in [2.45, 2.75) is 5.54 Å². The Labute approximate surface area is 115 Å². The molecule has 20 heavy (non-hydrogen) atoms. The standard InChI is InChI=1S/C13H16N4O3/c1-15-5-9(3-4-10(15)18)11(19)17-7-13(8-17)6-14-12(20)16(13)2/h3-5H,6-8H2,1-2H3,(H,14,20). The largest absolute Gasteiger partial charge is 0.335 e. The summed E-state index contributed by atoms with van der Waals surface area (Å²) in [5.74, 6) is -0.112. The van der Waals surface area contributed by atoms with E-state index < -0.39 is 0 Å². The highest BCUT2D eigenvalue weighted by atomic mass is 16.2. The summed E-state index contributed by atoms with van der Waals surface area (Å²) >= 11 is 0. The number of likely N-dealkylation sites (tertiary alicyclic amines) is 1. The molecule has 2 aliphatic heterocycles. The number of carbonyl (C=O) groups is 2. The fraction of sp³-hybridized carbons (Fsp3) is 0.462. The molecule has 0 unspecified atom stereocenters. The first-order chi connectivity index (χ1) is 9.43. The first-order valence-electron chi connectivity index (χ1n) is 6.41. The molecule has 0 aromatic carbocycles. The predicted octanol–water partition coefficient (Wildman–Crippen LogP) is -0.765. The van der Waals surface area contributed by atoms with Gasteiger partial charge in [0.1, 0.15) is 0 Å². The number of likely N-dealkylation sites (N-methyl/N-ethyl adjacent to an activating group) is 1. The van der Waals surface area contributed by atoms with E-state index in [4.69, 9.17) is 0 Å². The molecule has 3 amide bonds. The fourth-order valence-electron chi connectivity index (χ4n) is 2.73. The van der Waals surface area contributed by atoms with Gasteiger partial charge >= 0.3 is 6.03 Å². The molecule has 0 radical (unpaired) electrons. The number of urea groups is 1. The number of carbonyl (C=O) groups excluding carboxylic acids is 2. The number of aromatic nitrogens is 1. The highest BCUT2D eigenvalue weighted by molar-refractivity contribution is 5.95. The molecule has 0 aliphatic carbocycles. The Bertz CT molecular complexity index is 645. The highest BCUT2D eigenvalue weighted by Gasteiger charge is 2.53. The summed E-state index contributed by atoms with van der Waals surface area (Å²) in [6, 6.07) is 2.83. The molecule has 1 spiro atoms. The molecule has 0 bridgehead atoms. The van der Waals surface area contributed by atoms with Crippen LogP contribution in [0.1, 0.15) is 10.4 Å². The quantitative estimate of drug-likeness (QED) is 0.732. The van der Waals surface area contributed by atoms with Gasteiger partial charge in [0, 0.05) is 46.0 Å². The third kappa shape index (κ3) is 1.70. The van der Waals surface area contributed by atoms with E-state index in [0.29, 0.717) is 25.2 Å². The molecule has 0 atom stereocenters. The maximum Gasteiger partial charge on any atom is 0.317 e. The Morgan fingerprint density at radius 2 is 1.95 bits per heavy atom. The second kappa shape index (κ2) is 4.09. The molecule has 1 aromatic rings. The van der Waals surface area contributed by atoms with Crippen LogP contribution in [-0.4, -0.2) is 58.5 Å². The van der Waals surface area contributed by atoms with Crippen LogP contribution >= 0.6 is 0 Å². The van der Waals surface area contributed by atoms with Crippen molar-refractivity contribution in [1.82, 2.24) is 19.7 Å². The summed E-state index contributed by atoms with van der Waals surface area (Å²) < 4.78 is 1.38. The van der Waals surface area contributed by atoms with E-state index in [1.165, 1.54) is 22.9 Å². The molecule has 2 aliphatic rings. The summed E-state index contributed by atoms with van der Waals surface area (Å²) in [5.41, 5.74) is 0.0711. The molecular formula is C13H16N4O3. The maximum absolute atomic E-state index is 12.3. The van der Waals surface area contributed by atoms with Crippen molar-refractivity contribution >= 4 is 11.9 Å². The number of aryl methyl sites for hydroxylation is 1. The smallest absolute Gasteiger partial charge is 0.317 e. The van der Waals surface area contributed by atoms with E-state index in [1.807, 2.05) is 0 Å². The highest BCUT2D eigenvalue weighted by Crippen LogP contribution is 2.30. The van der Waals surface area contributed by atoms with E-state index in [1.54, 1.807) is 23.9 Å². The van der Waals surface area contributed by atoms with Crippen LogP contribution in [-0.2, 0) is 7.05 Å². The lowest BCUT2D eigenvalue weighted by molar-refractivity contribution is 0.00771. The van der Waals surface area contributed by atoms with Gasteiger partial charge in [0.25, 0.3) is 5.91 Å². The lowest BCUT2D eigenvalue weighted by Gasteiger charge is -2.50. The van der Waals surface area contributed by atoms with Crippen molar-refractivity contribution in [3.8, 4) is 0 Å². The molecule has 0 saturated carbocycles. The molecule has 3 heterocycles. The molecule has 106 valence electrons. The minimum atomic E-state index is -0.270. The van der Waals surface area contributed by atoms with Crippen molar-refractivity contribution in [1.29, 1.82) is 0 Å². The zero-order valence-corrected chi connectivity index (χ0v) is 11.4. The normalized spacial score (nSPS) is 20.0. The van der Waals surface area contributed by atoms with Crippen LogP contribution < -0.4 is 10.9 Å². The maximum atomic E-state index is 12.3. The SMILES string of the molecule is CN1C(=O)NCC12CN(C(=O)c1ccc(=O)n(C)c1)C2. The van der Waals surface area contributed by atoms with E-state index >= 15 is 0 Å². The van der Waals surface area contributed by atoms with Crippen LogP contribution in [0.15, 0.2) is 23.1 Å². The van der Waals surface area contributed by atoms with E-state index in [0.717, 1.165) is 0 Å². The minimum absolute atomic E-state index is 0.0980. The number of hydrogen-bond acceptors (Lipinski definition) is 3. The summed E-state index contributed by atoms with van der Waals surface area (Å²) in [6.07, 6.45) is 1.54. The lowest BCUT2D eigenvalue weighted by atomic mass is 9.89. The number of hydrogen-bond donors (Lipinski definition) is 1. The number of rotatable bonds is 1. The first-order valence-corrected chi connectivity index (χ1v) is 6.41. The van der Waals surface area contributed by atoms with Gasteiger partial charge in [-0.3, -0.25) is 9.59 Å². The molecular weight excluding hydrogens is 260 g/mol. The third-order valence-electron chi connectivity index (χ3n) is 4.18. The number of nitrogens with one attached hydrogen (secondary N) is 1. The second-order valence-corrected chi connectivity index (χ2v) is 5.47. The molecule has 7 heteroatoms. The van der Waals surface area contributed by atoms with Crippen LogP contribution in [0.25, 0.3) is 0 Å². The Morgan fingerprint density at radius 3 is 2.50 bits per heavy atom. The second-order valence-electron chi connectivity index (χ2n) is 5.47. The van der Waals surface area contributed by atoms with Gasteiger partial charge in [-0.1, -0.05) is 0 Å². The van der Waals surface area contributed by atoms with E-state index in [9.17, 15) is 14.4 Å². The Balaban J connectivity index is 1.74. The monoisotopic (exact) mass is 276 g/mol. The van der Waals surface area contributed by atoms with Gasteiger partial charge < -0.3 is 19.7 Å². The van der Waals surface area contributed by atoms with Crippen LogP contribution in [0, 0.1) is 0 Å². The molecule has 2 saturated heterocycles. The van der Waals surface area contributed by atoms with Crippen molar-refractivity contribution in [2.75, 3.05) is 26.7 Å². The van der Waals surface area contributed by atoms with E-state index in [2.05, 4.69) is 5.32 Å². The van der Waals surface area contributed by atoms with Gasteiger partial charge in [0.15, 0.2) is 0 Å². The third-order valence-corrected chi connectivity index (χ3v) is 4.18. The predicted molar refractivity (Wildman–Crippen MR) is 71.5 cm³/mol. The van der Waals surface area contributed by atoms with Crippen LogP contribution in [0.5, 0.6) is 0 Å².